The van der Waals surface area contributed by atoms with E-state index >= 15 is 0 Å². The van der Waals surface area contributed by atoms with Crippen LogP contribution in [0.1, 0.15) is 18.3 Å². The van der Waals surface area contributed by atoms with Crippen LogP contribution in [0, 0.1) is 0 Å². The Balaban J connectivity index is 1.69. The highest BCUT2D eigenvalue weighted by atomic mass is 16.8. The van der Waals surface area contributed by atoms with Gasteiger partial charge in [-0.1, -0.05) is 47.6 Å². The molecule has 3 aliphatic rings. The Morgan fingerprint density at radius 2 is 2.12 bits per heavy atom. The number of aliphatic hydroxyl groups is 1. The second kappa shape index (κ2) is 5.70. The number of aliphatic hydroxyl groups excluding tert-OH is 1. The van der Waals surface area contributed by atoms with Crippen LogP contribution in [-0.2, 0) is 23.8 Å². The first-order valence-corrected chi connectivity index (χ1v) is 7.69. The average molecular weight is 331 g/mol. The molecule has 1 aromatic carbocycles. The number of ether oxygens (including phenoxy) is 3. The van der Waals surface area contributed by atoms with Crippen LogP contribution in [0.2, 0.25) is 0 Å². The van der Waals surface area contributed by atoms with Crippen molar-refractivity contribution in [1.29, 1.82) is 0 Å². The minimum Gasteiger partial charge on any atom is -0.464 e. The first-order chi connectivity index (χ1) is 11.6. The minimum atomic E-state index is -1.03. The third kappa shape index (κ3) is 2.24. The van der Waals surface area contributed by atoms with Gasteiger partial charge in [-0.05, 0) is 0 Å². The zero-order valence-corrected chi connectivity index (χ0v) is 13.0. The van der Waals surface area contributed by atoms with Crippen LogP contribution in [-0.4, -0.2) is 47.8 Å². The van der Waals surface area contributed by atoms with Gasteiger partial charge >= 0.3 is 5.97 Å². The van der Waals surface area contributed by atoms with Crippen molar-refractivity contribution in [3.63, 3.8) is 0 Å². The summed E-state index contributed by atoms with van der Waals surface area (Å²) in [7, 11) is 1.28. The van der Waals surface area contributed by atoms with Crippen molar-refractivity contribution in [3.8, 4) is 0 Å². The molecule has 1 unspecified atom stereocenters. The minimum absolute atomic E-state index is 0.110. The summed E-state index contributed by atoms with van der Waals surface area (Å²) in [5.74, 6) is -0.586. The van der Waals surface area contributed by atoms with E-state index in [0.717, 1.165) is 5.56 Å². The molecule has 0 saturated carbocycles. The lowest BCUT2D eigenvalue weighted by Crippen LogP contribution is -2.60. The van der Waals surface area contributed by atoms with Crippen molar-refractivity contribution in [3.05, 3.63) is 48.0 Å². The molecular weight excluding hydrogens is 314 g/mol. The third-order valence-electron chi connectivity index (χ3n) is 4.57. The Labute approximate surface area is 138 Å². The highest BCUT2D eigenvalue weighted by Gasteiger charge is 2.62. The van der Waals surface area contributed by atoms with Gasteiger partial charge in [0.25, 0.3) is 0 Å². The molecule has 1 N–H and O–H groups in total. The van der Waals surface area contributed by atoms with Crippen molar-refractivity contribution >= 4 is 11.7 Å². The Kier molecular flexibility index (Phi) is 3.64. The first kappa shape index (κ1) is 15.3. The fourth-order valence-electron chi connectivity index (χ4n) is 3.38. The van der Waals surface area contributed by atoms with Gasteiger partial charge in [0.05, 0.1) is 7.11 Å². The molecule has 1 spiro atoms. The van der Waals surface area contributed by atoms with Gasteiger partial charge in [-0.2, -0.15) is 0 Å². The van der Waals surface area contributed by atoms with Crippen LogP contribution in [0.5, 0.6) is 0 Å². The molecule has 1 fully saturated rings. The zero-order valence-electron chi connectivity index (χ0n) is 13.0. The molecule has 5 atom stereocenters. The predicted octanol–water partition coefficient (Wildman–Crippen LogP) is 1.09. The summed E-state index contributed by atoms with van der Waals surface area (Å²) in [6, 6.07) is 9.48. The maximum atomic E-state index is 11.8. The van der Waals surface area contributed by atoms with Crippen LogP contribution in [0.3, 0.4) is 0 Å². The Bertz CT molecular complexity index is 702. The Morgan fingerprint density at radius 3 is 2.88 bits per heavy atom. The number of carbonyl (C=O) groups excluding carboxylic acids is 1. The summed E-state index contributed by atoms with van der Waals surface area (Å²) in [5.41, 5.74) is -0.0662. The number of benzene rings is 1. The molecule has 0 bridgehead atoms. The van der Waals surface area contributed by atoms with Crippen molar-refractivity contribution in [2.45, 2.75) is 36.6 Å². The molecule has 2 aliphatic heterocycles. The molecule has 4 rings (SSSR count). The zero-order chi connectivity index (χ0) is 16.7. The standard InChI is InChI=1S/C17H17NO6/c1-21-15(20)11-9-17-13(8-7-12(19)14(17)24-18-11)22-16(23-17)10-5-3-2-4-6-10/h2-8,12-14,16,19H,9H2,1H3/t12-,13+,14+,16?,17+/m1/s1. The smallest absolute Gasteiger partial charge is 0.355 e. The lowest BCUT2D eigenvalue weighted by molar-refractivity contribution is -0.182. The van der Waals surface area contributed by atoms with E-state index in [4.69, 9.17) is 19.0 Å². The van der Waals surface area contributed by atoms with Crippen molar-refractivity contribution in [2.75, 3.05) is 7.11 Å². The highest BCUT2D eigenvalue weighted by Crippen LogP contribution is 2.48. The number of nitrogens with zero attached hydrogens (tertiary/aromatic N) is 1. The number of hydrogen-bond acceptors (Lipinski definition) is 7. The van der Waals surface area contributed by atoms with Gasteiger partial charge in [-0.25, -0.2) is 4.79 Å². The lowest BCUT2D eigenvalue weighted by Gasteiger charge is -2.43. The molecule has 7 heteroatoms. The number of esters is 1. The molecule has 24 heavy (non-hydrogen) atoms. The van der Waals surface area contributed by atoms with E-state index in [0.29, 0.717) is 0 Å². The van der Waals surface area contributed by atoms with Gasteiger partial charge in [0.1, 0.15) is 17.8 Å². The van der Waals surface area contributed by atoms with Gasteiger partial charge in [-0.15, -0.1) is 0 Å². The van der Waals surface area contributed by atoms with Crippen LogP contribution >= 0.6 is 0 Å². The first-order valence-electron chi connectivity index (χ1n) is 7.69. The van der Waals surface area contributed by atoms with Gasteiger partial charge in [0, 0.05) is 12.0 Å². The molecule has 0 radical (unpaired) electrons. The third-order valence-corrected chi connectivity index (χ3v) is 4.57. The Morgan fingerprint density at radius 1 is 1.33 bits per heavy atom. The molecule has 7 nitrogen and oxygen atoms in total. The van der Waals surface area contributed by atoms with E-state index in [-0.39, 0.29) is 12.1 Å². The highest BCUT2D eigenvalue weighted by molar-refractivity contribution is 6.36. The molecule has 0 amide bonds. The van der Waals surface area contributed by atoms with Gasteiger partial charge in [0.15, 0.2) is 18.1 Å². The summed E-state index contributed by atoms with van der Waals surface area (Å²) >= 11 is 0. The van der Waals surface area contributed by atoms with E-state index in [9.17, 15) is 9.90 Å². The number of hydrogen-bond donors (Lipinski definition) is 1. The summed E-state index contributed by atoms with van der Waals surface area (Å²) in [6.45, 7) is 0. The Hall–Kier alpha value is -2.22. The van der Waals surface area contributed by atoms with Gasteiger partial charge in [-0.3, -0.25) is 0 Å². The normalized spacial score (nSPS) is 37.0. The fraction of sp³-hybridized carbons (Fsp3) is 0.412. The average Bonchev–Trinajstić information content (AvgIpc) is 2.99. The van der Waals surface area contributed by atoms with Gasteiger partial charge in [0.2, 0.25) is 0 Å². The van der Waals surface area contributed by atoms with Crippen LogP contribution < -0.4 is 0 Å². The summed E-state index contributed by atoms with van der Waals surface area (Å²) < 4.78 is 16.9. The molecular formula is C17H17NO6. The molecule has 2 heterocycles. The van der Waals surface area contributed by atoms with Crippen LogP contribution in [0.4, 0.5) is 0 Å². The van der Waals surface area contributed by atoms with E-state index in [1.54, 1.807) is 12.2 Å². The summed E-state index contributed by atoms with van der Waals surface area (Å²) in [6.07, 6.45) is 0.744. The van der Waals surface area contributed by atoms with E-state index in [1.165, 1.54) is 7.11 Å². The van der Waals surface area contributed by atoms with Crippen molar-refractivity contribution in [2.24, 2.45) is 5.16 Å². The monoisotopic (exact) mass is 331 g/mol. The lowest BCUT2D eigenvalue weighted by atomic mass is 9.78. The molecule has 1 saturated heterocycles. The number of rotatable bonds is 2. The molecule has 1 aliphatic carbocycles. The van der Waals surface area contributed by atoms with Gasteiger partial charge < -0.3 is 24.2 Å². The van der Waals surface area contributed by atoms with Crippen molar-refractivity contribution < 1.29 is 28.9 Å². The molecule has 0 aromatic heterocycles. The van der Waals surface area contributed by atoms with E-state index in [2.05, 4.69) is 5.16 Å². The topological polar surface area (TPSA) is 86.6 Å². The molecule has 1 aromatic rings. The van der Waals surface area contributed by atoms with E-state index in [1.807, 2.05) is 30.3 Å². The SMILES string of the molecule is COC(=O)C1=NO[C@H]2[C@H](O)C=C[C@@H]3OC(c4ccccc4)O[C@@]32C1. The second-order valence-electron chi connectivity index (χ2n) is 5.98. The maximum absolute atomic E-state index is 11.8. The summed E-state index contributed by atoms with van der Waals surface area (Å²) in [4.78, 5) is 17.2. The largest absolute Gasteiger partial charge is 0.464 e. The van der Waals surface area contributed by atoms with Crippen LogP contribution in [0.25, 0.3) is 0 Å². The van der Waals surface area contributed by atoms with Crippen molar-refractivity contribution in [1.82, 2.24) is 0 Å². The summed E-state index contributed by atoms with van der Waals surface area (Å²) in [5, 5.41) is 14.1. The quantitative estimate of drug-likeness (QED) is 0.645. The number of oxime groups is 1. The number of carbonyl (C=O) groups is 1. The fourth-order valence-corrected chi connectivity index (χ4v) is 3.38. The van der Waals surface area contributed by atoms with E-state index < -0.39 is 36.2 Å². The number of methoxy groups -OCH3 is 1. The second-order valence-corrected chi connectivity index (χ2v) is 5.98. The maximum Gasteiger partial charge on any atom is 0.355 e. The molecule has 126 valence electrons. The van der Waals surface area contributed by atoms with Crippen LogP contribution in [0.15, 0.2) is 47.6 Å². The predicted molar refractivity (Wildman–Crippen MR) is 82.0 cm³/mol.